The van der Waals surface area contributed by atoms with E-state index in [1.54, 1.807) is 11.0 Å². The van der Waals surface area contributed by atoms with E-state index in [1.807, 2.05) is 22.8 Å². The van der Waals surface area contributed by atoms with Crippen molar-refractivity contribution in [1.82, 2.24) is 14.7 Å². The summed E-state index contributed by atoms with van der Waals surface area (Å²) >= 11 is 0. The number of nitrogens with two attached hydrogens (primary N) is 1. The van der Waals surface area contributed by atoms with Crippen LogP contribution < -0.4 is 5.73 Å². The zero-order chi connectivity index (χ0) is 21.2. The van der Waals surface area contributed by atoms with E-state index < -0.39 is 6.04 Å². The van der Waals surface area contributed by atoms with Gasteiger partial charge >= 0.3 is 0 Å². The molecule has 2 bridgehead atoms. The smallest absolute Gasteiger partial charge is 0.242 e. The highest BCUT2D eigenvalue weighted by molar-refractivity contribution is 5.87. The summed E-state index contributed by atoms with van der Waals surface area (Å²) in [6.07, 6.45) is 2.42. The van der Waals surface area contributed by atoms with E-state index in [4.69, 9.17) is 5.73 Å². The van der Waals surface area contributed by atoms with Crippen LogP contribution >= 0.6 is 0 Å². The highest BCUT2D eigenvalue weighted by Crippen LogP contribution is 2.48. The van der Waals surface area contributed by atoms with Crippen molar-refractivity contribution in [2.24, 2.45) is 11.7 Å². The van der Waals surface area contributed by atoms with Crippen LogP contribution in [0, 0.1) is 23.1 Å². The molecule has 0 radical (unpaired) electrons. The summed E-state index contributed by atoms with van der Waals surface area (Å²) in [7, 11) is 0. The lowest BCUT2D eigenvalue weighted by molar-refractivity contribution is -0.141. The highest BCUT2D eigenvalue weighted by atomic mass is 19.1. The van der Waals surface area contributed by atoms with E-state index in [0.29, 0.717) is 25.4 Å². The van der Waals surface area contributed by atoms with Gasteiger partial charge in [-0.05, 0) is 49.8 Å². The van der Waals surface area contributed by atoms with E-state index >= 15 is 0 Å². The molecule has 0 aromatic heterocycles. The minimum Gasteiger partial charge on any atom is -0.330 e. The number of likely N-dealkylation sites (tertiary alicyclic amines) is 3. The van der Waals surface area contributed by atoms with E-state index in [-0.39, 0.29) is 47.8 Å². The van der Waals surface area contributed by atoms with E-state index in [2.05, 4.69) is 6.07 Å². The quantitative estimate of drug-likeness (QED) is 0.781. The summed E-state index contributed by atoms with van der Waals surface area (Å²) in [6.45, 7) is 2.90. The number of carbonyl (C=O) groups is 2. The molecule has 2 N–H and O–H groups in total. The number of hydrogen-bond acceptors (Lipinski definition) is 5. The van der Waals surface area contributed by atoms with Gasteiger partial charge in [0.2, 0.25) is 11.8 Å². The van der Waals surface area contributed by atoms with Crippen LogP contribution in [0.3, 0.4) is 0 Å². The molecule has 2 amide bonds. The number of benzene rings is 1. The fraction of sp³-hybridized carbons (Fsp3) is 0.591. The normalized spacial score (nSPS) is 34.1. The average molecular weight is 411 g/mol. The molecule has 4 aliphatic rings. The summed E-state index contributed by atoms with van der Waals surface area (Å²) in [5.41, 5.74) is 7.03. The third kappa shape index (κ3) is 2.99. The molecule has 1 aliphatic carbocycles. The fourth-order valence-corrected chi connectivity index (χ4v) is 5.74. The summed E-state index contributed by atoms with van der Waals surface area (Å²) < 4.78 is 13.6. The van der Waals surface area contributed by atoms with Gasteiger partial charge < -0.3 is 15.5 Å². The van der Waals surface area contributed by atoms with Gasteiger partial charge in [0.05, 0.1) is 24.2 Å². The molecule has 3 heterocycles. The first kappa shape index (κ1) is 19.5. The van der Waals surface area contributed by atoms with Crippen molar-refractivity contribution in [3.63, 3.8) is 0 Å². The largest absolute Gasteiger partial charge is 0.330 e. The molecule has 158 valence electrons. The highest BCUT2D eigenvalue weighted by Gasteiger charge is 2.56. The van der Waals surface area contributed by atoms with Gasteiger partial charge in [0, 0.05) is 25.2 Å². The number of carbonyl (C=O) groups excluding carboxylic acids is 2. The Morgan fingerprint density at radius 2 is 2.17 bits per heavy atom. The maximum atomic E-state index is 13.6. The Bertz CT molecular complexity index is 932. The van der Waals surface area contributed by atoms with Crippen LogP contribution in [0.15, 0.2) is 24.3 Å². The van der Waals surface area contributed by atoms with Crippen LogP contribution in [0.5, 0.6) is 0 Å². The second-order valence-electron chi connectivity index (χ2n) is 9.13. The molecule has 7 nitrogen and oxygen atoms in total. The Hall–Kier alpha value is -2.50. The number of nitriles is 1. The van der Waals surface area contributed by atoms with Crippen molar-refractivity contribution >= 4 is 11.8 Å². The first-order valence-electron chi connectivity index (χ1n) is 10.7. The molecule has 0 spiro atoms. The Morgan fingerprint density at radius 3 is 2.87 bits per heavy atom. The maximum absolute atomic E-state index is 13.6. The van der Waals surface area contributed by atoms with Gasteiger partial charge in [0.25, 0.3) is 0 Å². The minimum absolute atomic E-state index is 0.0148. The van der Waals surface area contributed by atoms with Gasteiger partial charge in [-0.1, -0.05) is 12.1 Å². The molecule has 4 fully saturated rings. The van der Waals surface area contributed by atoms with Crippen LogP contribution in [0.4, 0.5) is 4.39 Å². The maximum Gasteiger partial charge on any atom is 0.242 e. The Kier molecular flexibility index (Phi) is 4.56. The van der Waals surface area contributed by atoms with Crippen LogP contribution in [0.1, 0.15) is 37.8 Å². The summed E-state index contributed by atoms with van der Waals surface area (Å²) in [6, 6.07) is 7.22. The third-order valence-electron chi connectivity index (χ3n) is 7.32. The average Bonchev–Trinajstić information content (AvgIpc) is 3.06. The lowest BCUT2D eigenvalue weighted by Gasteiger charge is -2.38. The fourth-order valence-electron chi connectivity index (χ4n) is 5.74. The van der Waals surface area contributed by atoms with Crippen LogP contribution in [0.2, 0.25) is 0 Å². The molecular weight excluding hydrogens is 385 g/mol. The Morgan fingerprint density at radius 1 is 1.37 bits per heavy atom. The van der Waals surface area contributed by atoms with Crippen molar-refractivity contribution in [2.45, 2.75) is 62.4 Å². The van der Waals surface area contributed by atoms with Gasteiger partial charge in [-0.25, -0.2) is 4.39 Å². The second kappa shape index (κ2) is 7.03. The molecule has 5 rings (SSSR count). The summed E-state index contributed by atoms with van der Waals surface area (Å²) in [5.74, 6) is -0.0152. The topological polar surface area (TPSA) is 93.7 Å². The van der Waals surface area contributed by atoms with Gasteiger partial charge in [0.15, 0.2) is 0 Å². The number of fused-ring (bicyclic) bond motifs is 3. The predicted molar refractivity (Wildman–Crippen MR) is 106 cm³/mol. The molecule has 8 heteroatoms. The second-order valence-corrected chi connectivity index (χ2v) is 9.13. The van der Waals surface area contributed by atoms with Crippen molar-refractivity contribution in [3.05, 3.63) is 35.6 Å². The number of piperidine rings is 1. The van der Waals surface area contributed by atoms with Gasteiger partial charge in [-0.15, -0.1) is 0 Å². The van der Waals surface area contributed by atoms with Gasteiger partial charge in [-0.2, -0.15) is 5.26 Å². The molecule has 2 unspecified atom stereocenters. The SMILES string of the molecule is C[C@H](c1cccc(F)c1)N1C(=O)[C@H]2CC1CN2C[C@H](N)C(=O)N1C2C[C@H]2C[C@H]1C#N. The molecule has 3 aliphatic heterocycles. The predicted octanol–water partition coefficient (Wildman–Crippen LogP) is 1.01. The lowest BCUT2D eigenvalue weighted by Crippen LogP contribution is -2.57. The van der Waals surface area contributed by atoms with Crippen molar-refractivity contribution in [3.8, 4) is 6.07 Å². The molecule has 1 saturated carbocycles. The van der Waals surface area contributed by atoms with Crippen molar-refractivity contribution in [2.75, 3.05) is 13.1 Å². The lowest BCUT2D eigenvalue weighted by atomic mass is 10.1. The Labute approximate surface area is 175 Å². The summed E-state index contributed by atoms with van der Waals surface area (Å²) in [4.78, 5) is 31.5. The van der Waals surface area contributed by atoms with Gasteiger partial charge in [0.1, 0.15) is 11.9 Å². The van der Waals surface area contributed by atoms with Crippen molar-refractivity contribution in [1.29, 1.82) is 5.26 Å². The van der Waals surface area contributed by atoms with Crippen molar-refractivity contribution < 1.29 is 14.0 Å². The summed E-state index contributed by atoms with van der Waals surface area (Å²) in [5, 5.41) is 9.33. The first-order valence-corrected chi connectivity index (χ1v) is 10.7. The Balaban J connectivity index is 1.24. The van der Waals surface area contributed by atoms with Crippen LogP contribution in [0.25, 0.3) is 0 Å². The molecule has 3 saturated heterocycles. The third-order valence-corrected chi connectivity index (χ3v) is 7.32. The first-order chi connectivity index (χ1) is 14.4. The molecular formula is C22H26FN5O2. The van der Waals surface area contributed by atoms with E-state index in [1.165, 1.54) is 12.1 Å². The number of rotatable bonds is 5. The van der Waals surface area contributed by atoms with E-state index in [0.717, 1.165) is 18.4 Å². The monoisotopic (exact) mass is 411 g/mol. The number of hydrogen-bond donors (Lipinski definition) is 1. The zero-order valence-corrected chi connectivity index (χ0v) is 16.9. The number of nitrogens with zero attached hydrogens (tertiary/aromatic N) is 4. The molecule has 30 heavy (non-hydrogen) atoms. The number of halogens is 1. The van der Waals surface area contributed by atoms with E-state index in [9.17, 15) is 19.2 Å². The minimum atomic E-state index is -0.735. The molecule has 7 atom stereocenters. The molecule has 1 aromatic rings. The van der Waals surface area contributed by atoms with Gasteiger partial charge in [-0.3, -0.25) is 14.5 Å². The number of piperazine rings is 1. The molecule has 1 aromatic carbocycles. The van der Waals surface area contributed by atoms with Crippen LogP contribution in [-0.2, 0) is 9.59 Å². The standard InChI is InChI=1S/C22H26FN5O2/c1-12(13-3-2-4-15(23)5-13)27-17-8-20(22(27)30)26(10-17)11-18(25)21(29)28-16(9-24)6-14-7-19(14)28/h2-5,12,14,16-20H,6-8,10-11,25H2,1H3/t12-,14-,16+,17?,18+,19?,20-/m1/s1. The number of amides is 2. The zero-order valence-electron chi connectivity index (χ0n) is 16.9. The van der Waals surface area contributed by atoms with Crippen LogP contribution in [-0.4, -0.2) is 69.8 Å².